The van der Waals surface area contributed by atoms with Gasteiger partial charge >= 0.3 is 5.97 Å². The van der Waals surface area contributed by atoms with Gasteiger partial charge in [0.05, 0.1) is 0 Å². The zero-order valence-electron chi connectivity index (χ0n) is 11.4. The molecular weight excluding hydrogens is 218 g/mol. The van der Waals surface area contributed by atoms with E-state index in [1.807, 2.05) is 0 Å². The Morgan fingerprint density at radius 2 is 1.88 bits per heavy atom. The summed E-state index contributed by atoms with van der Waals surface area (Å²) in [5.74, 6) is 0.246. The maximum atomic E-state index is 11.9. The quantitative estimate of drug-likeness (QED) is 0.712. The van der Waals surface area contributed by atoms with E-state index in [0.717, 1.165) is 6.42 Å². The Balaban J connectivity index is 3.99. The summed E-state index contributed by atoms with van der Waals surface area (Å²) >= 11 is 0. The maximum Gasteiger partial charge on any atom is 0.303 e. The van der Waals surface area contributed by atoms with Crippen LogP contribution in [0.15, 0.2) is 0 Å². The lowest BCUT2D eigenvalue weighted by Crippen LogP contribution is -2.30. The van der Waals surface area contributed by atoms with Gasteiger partial charge in [0.15, 0.2) is 0 Å². The molecule has 0 spiro atoms. The fourth-order valence-corrected chi connectivity index (χ4v) is 1.82. The van der Waals surface area contributed by atoms with Crippen molar-refractivity contribution in [3.05, 3.63) is 0 Å². The maximum absolute atomic E-state index is 11.9. The van der Waals surface area contributed by atoms with Crippen molar-refractivity contribution in [2.45, 2.75) is 46.5 Å². The van der Waals surface area contributed by atoms with E-state index in [1.54, 1.807) is 11.9 Å². The highest BCUT2D eigenvalue weighted by atomic mass is 16.4. The molecule has 1 amide bonds. The summed E-state index contributed by atoms with van der Waals surface area (Å²) in [5, 5.41) is 8.52. The minimum atomic E-state index is -0.806. The third kappa shape index (κ3) is 6.97. The summed E-state index contributed by atoms with van der Waals surface area (Å²) in [6, 6.07) is 0. The molecule has 0 aromatic carbocycles. The Hall–Kier alpha value is -1.06. The largest absolute Gasteiger partial charge is 0.481 e. The van der Waals surface area contributed by atoms with E-state index >= 15 is 0 Å². The Kier molecular flexibility index (Phi) is 7.59. The van der Waals surface area contributed by atoms with Crippen molar-refractivity contribution >= 4 is 11.9 Å². The minimum Gasteiger partial charge on any atom is -0.481 e. The molecule has 0 heterocycles. The van der Waals surface area contributed by atoms with Crippen molar-refractivity contribution in [3.8, 4) is 0 Å². The van der Waals surface area contributed by atoms with Crippen LogP contribution < -0.4 is 0 Å². The van der Waals surface area contributed by atoms with E-state index in [0.29, 0.717) is 31.2 Å². The zero-order valence-corrected chi connectivity index (χ0v) is 11.4. The Morgan fingerprint density at radius 1 is 1.29 bits per heavy atom. The first-order valence-corrected chi connectivity index (χ1v) is 6.34. The molecule has 0 rings (SSSR count). The smallest absolute Gasteiger partial charge is 0.303 e. The number of carbonyl (C=O) groups excluding carboxylic acids is 1. The summed E-state index contributed by atoms with van der Waals surface area (Å²) in [6.45, 7) is 6.89. The van der Waals surface area contributed by atoms with Crippen LogP contribution in [0.4, 0.5) is 0 Å². The van der Waals surface area contributed by atoms with Crippen molar-refractivity contribution in [1.82, 2.24) is 4.90 Å². The third-order valence-corrected chi connectivity index (χ3v) is 3.21. The second kappa shape index (κ2) is 8.09. The summed E-state index contributed by atoms with van der Waals surface area (Å²) in [6.07, 6.45) is 2.22. The van der Waals surface area contributed by atoms with Crippen LogP contribution in [0.1, 0.15) is 46.5 Å². The van der Waals surface area contributed by atoms with E-state index in [-0.39, 0.29) is 12.3 Å². The van der Waals surface area contributed by atoms with Gasteiger partial charge in [0, 0.05) is 26.4 Å². The Labute approximate surface area is 104 Å². The number of rotatable bonds is 8. The number of amides is 1. The Bertz CT molecular complexity index is 251. The van der Waals surface area contributed by atoms with Crippen LogP contribution >= 0.6 is 0 Å². The SMILES string of the molecule is CCC(CC(=O)N(C)CCCC(=O)O)C(C)C. The topological polar surface area (TPSA) is 57.6 Å². The highest BCUT2D eigenvalue weighted by Gasteiger charge is 2.18. The van der Waals surface area contributed by atoms with Crippen LogP contribution in [-0.2, 0) is 9.59 Å². The monoisotopic (exact) mass is 243 g/mol. The minimum absolute atomic E-state index is 0.121. The molecule has 0 aliphatic carbocycles. The number of aliphatic carboxylic acids is 1. The second-order valence-electron chi connectivity index (χ2n) is 4.93. The van der Waals surface area contributed by atoms with Crippen molar-refractivity contribution in [1.29, 1.82) is 0 Å². The van der Waals surface area contributed by atoms with Gasteiger partial charge in [-0.1, -0.05) is 27.2 Å². The predicted molar refractivity (Wildman–Crippen MR) is 67.7 cm³/mol. The van der Waals surface area contributed by atoms with Crippen molar-refractivity contribution in [2.75, 3.05) is 13.6 Å². The van der Waals surface area contributed by atoms with Crippen LogP contribution in [0.25, 0.3) is 0 Å². The Morgan fingerprint density at radius 3 is 2.29 bits per heavy atom. The molecule has 0 saturated carbocycles. The predicted octanol–water partition coefficient (Wildman–Crippen LogP) is 2.38. The van der Waals surface area contributed by atoms with Gasteiger partial charge < -0.3 is 10.0 Å². The van der Waals surface area contributed by atoms with E-state index < -0.39 is 5.97 Å². The molecule has 0 fully saturated rings. The molecular formula is C13H25NO3. The normalized spacial score (nSPS) is 12.5. The molecule has 0 saturated heterocycles. The molecule has 1 unspecified atom stereocenters. The van der Waals surface area contributed by atoms with Gasteiger partial charge in [-0.15, -0.1) is 0 Å². The van der Waals surface area contributed by atoms with Crippen LogP contribution in [0.3, 0.4) is 0 Å². The number of carboxylic acid groups (broad SMARTS) is 1. The van der Waals surface area contributed by atoms with Gasteiger partial charge in [0.25, 0.3) is 0 Å². The number of nitrogens with zero attached hydrogens (tertiary/aromatic N) is 1. The number of carbonyl (C=O) groups is 2. The molecule has 0 aromatic rings. The molecule has 0 aliphatic heterocycles. The molecule has 0 aromatic heterocycles. The first-order chi connectivity index (χ1) is 7.88. The van der Waals surface area contributed by atoms with Crippen LogP contribution in [-0.4, -0.2) is 35.5 Å². The number of hydrogen-bond donors (Lipinski definition) is 1. The lowest BCUT2D eigenvalue weighted by molar-refractivity contribution is -0.138. The van der Waals surface area contributed by atoms with E-state index in [9.17, 15) is 9.59 Å². The van der Waals surface area contributed by atoms with Crippen LogP contribution in [0.5, 0.6) is 0 Å². The van der Waals surface area contributed by atoms with Crippen molar-refractivity contribution in [3.63, 3.8) is 0 Å². The first-order valence-electron chi connectivity index (χ1n) is 6.34. The van der Waals surface area contributed by atoms with Gasteiger partial charge in [-0.2, -0.15) is 0 Å². The van der Waals surface area contributed by atoms with Gasteiger partial charge in [-0.3, -0.25) is 9.59 Å². The molecule has 17 heavy (non-hydrogen) atoms. The summed E-state index contributed by atoms with van der Waals surface area (Å²) in [4.78, 5) is 23.9. The van der Waals surface area contributed by atoms with E-state index in [4.69, 9.17) is 5.11 Å². The van der Waals surface area contributed by atoms with E-state index in [2.05, 4.69) is 20.8 Å². The van der Waals surface area contributed by atoms with Crippen molar-refractivity contribution in [2.24, 2.45) is 11.8 Å². The summed E-state index contributed by atoms with van der Waals surface area (Å²) in [7, 11) is 1.75. The molecule has 100 valence electrons. The summed E-state index contributed by atoms with van der Waals surface area (Å²) in [5.41, 5.74) is 0. The van der Waals surface area contributed by atoms with Crippen molar-refractivity contribution < 1.29 is 14.7 Å². The average Bonchev–Trinajstić information content (AvgIpc) is 2.24. The first kappa shape index (κ1) is 15.9. The van der Waals surface area contributed by atoms with Gasteiger partial charge in [-0.05, 0) is 18.3 Å². The molecule has 0 aliphatic rings. The fourth-order valence-electron chi connectivity index (χ4n) is 1.82. The molecule has 0 radical (unpaired) electrons. The standard InChI is InChI=1S/C13H25NO3/c1-5-11(10(2)3)9-12(15)14(4)8-6-7-13(16)17/h10-11H,5-9H2,1-4H3,(H,16,17). The lowest BCUT2D eigenvalue weighted by atomic mass is 9.90. The molecule has 1 N–H and O–H groups in total. The zero-order chi connectivity index (χ0) is 13.4. The van der Waals surface area contributed by atoms with Gasteiger partial charge in [-0.25, -0.2) is 0 Å². The molecule has 0 bridgehead atoms. The second-order valence-corrected chi connectivity index (χ2v) is 4.93. The van der Waals surface area contributed by atoms with Gasteiger partial charge in [0.1, 0.15) is 0 Å². The molecule has 4 nitrogen and oxygen atoms in total. The van der Waals surface area contributed by atoms with E-state index in [1.165, 1.54) is 0 Å². The van der Waals surface area contributed by atoms with Gasteiger partial charge in [0.2, 0.25) is 5.91 Å². The molecule has 1 atom stereocenters. The fraction of sp³-hybridized carbons (Fsp3) is 0.846. The number of carboxylic acids is 1. The summed E-state index contributed by atoms with van der Waals surface area (Å²) < 4.78 is 0. The third-order valence-electron chi connectivity index (χ3n) is 3.21. The van der Waals surface area contributed by atoms with Crippen LogP contribution in [0.2, 0.25) is 0 Å². The average molecular weight is 243 g/mol. The molecule has 4 heteroatoms. The highest BCUT2D eigenvalue weighted by Crippen LogP contribution is 2.19. The van der Waals surface area contributed by atoms with Crippen LogP contribution in [0, 0.1) is 11.8 Å². The lowest BCUT2D eigenvalue weighted by Gasteiger charge is -2.23. The number of hydrogen-bond acceptors (Lipinski definition) is 2. The highest BCUT2D eigenvalue weighted by molar-refractivity contribution is 5.76.